The molecule has 0 bridgehead atoms. The minimum atomic E-state index is -0.0532. The summed E-state index contributed by atoms with van der Waals surface area (Å²) in [5.41, 5.74) is 1.27. The molecule has 1 aromatic rings. The third-order valence-electron chi connectivity index (χ3n) is 4.81. The lowest BCUT2D eigenvalue weighted by Gasteiger charge is -2.43. The summed E-state index contributed by atoms with van der Waals surface area (Å²) < 4.78 is 5.89. The van der Waals surface area contributed by atoms with Gasteiger partial charge in [0, 0.05) is 23.9 Å². The van der Waals surface area contributed by atoms with Gasteiger partial charge >= 0.3 is 0 Å². The summed E-state index contributed by atoms with van der Waals surface area (Å²) in [6.07, 6.45) is 7.69. The van der Waals surface area contributed by atoms with E-state index < -0.39 is 0 Å². The zero-order chi connectivity index (χ0) is 15.1. The first-order valence-corrected chi connectivity index (χ1v) is 9.10. The lowest BCUT2D eigenvalue weighted by molar-refractivity contribution is -0.0167. The monoisotopic (exact) mass is 308 g/mol. The van der Waals surface area contributed by atoms with E-state index in [-0.39, 0.29) is 17.1 Å². The lowest BCUT2D eigenvalue weighted by Crippen LogP contribution is -2.55. The van der Waals surface area contributed by atoms with E-state index in [0.717, 1.165) is 12.8 Å². The molecular weight excluding hydrogens is 280 g/mol. The highest BCUT2D eigenvalue weighted by molar-refractivity contribution is 7.09. The Hall–Kier alpha value is -0.450. The van der Waals surface area contributed by atoms with Crippen molar-refractivity contribution in [1.29, 1.82) is 0 Å². The van der Waals surface area contributed by atoms with Gasteiger partial charge in [0.05, 0.1) is 17.3 Å². The second-order valence-electron chi connectivity index (χ2n) is 7.65. The van der Waals surface area contributed by atoms with Crippen molar-refractivity contribution >= 4 is 11.3 Å². The fourth-order valence-electron chi connectivity index (χ4n) is 3.35. The molecule has 4 heteroatoms. The molecule has 0 aromatic carbocycles. The molecule has 2 fully saturated rings. The predicted octanol–water partition coefficient (Wildman–Crippen LogP) is 3.98. The van der Waals surface area contributed by atoms with Gasteiger partial charge in [-0.15, -0.1) is 11.3 Å². The standard InChI is InChI=1S/C17H28N2OS/c1-16(2,3)13-11-21-15(18-13)17(19-12-8-9-12)10-6-5-7-14(17)20-4/h11-12,14,19H,5-10H2,1-4H3. The van der Waals surface area contributed by atoms with E-state index in [1.165, 1.54) is 36.4 Å². The first-order valence-electron chi connectivity index (χ1n) is 8.23. The Balaban J connectivity index is 1.95. The van der Waals surface area contributed by atoms with Crippen LogP contribution in [-0.4, -0.2) is 24.2 Å². The number of methoxy groups -OCH3 is 1. The fraction of sp³-hybridized carbons (Fsp3) is 0.824. The van der Waals surface area contributed by atoms with E-state index in [0.29, 0.717) is 6.04 Å². The molecule has 0 aliphatic heterocycles. The molecule has 3 nitrogen and oxygen atoms in total. The van der Waals surface area contributed by atoms with Crippen molar-refractivity contribution in [2.75, 3.05) is 7.11 Å². The van der Waals surface area contributed by atoms with Crippen LogP contribution < -0.4 is 5.32 Å². The highest BCUT2D eigenvalue weighted by atomic mass is 32.1. The van der Waals surface area contributed by atoms with Gasteiger partial charge in [-0.05, 0) is 25.7 Å². The van der Waals surface area contributed by atoms with E-state index >= 15 is 0 Å². The zero-order valence-corrected chi connectivity index (χ0v) is 14.6. The summed E-state index contributed by atoms with van der Waals surface area (Å²) in [7, 11) is 1.86. The van der Waals surface area contributed by atoms with Crippen LogP contribution in [0.15, 0.2) is 5.38 Å². The summed E-state index contributed by atoms with van der Waals surface area (Å²) in [5, 5.41) is 7.40. The molecule has 2 saturated carbocycles. The number of nitrogens with zero attached hydrogens (tertiary/aromatic N) is 1. The van der Waals surface area contributed by atoms with Crippen LogP contribution in [0.3, 0.4) is 0 Å². The largest absolute Gasteiger partial charge is 0.379 e. The molecule has 2 aliphatic carbocycles. The molecular formula is C17H28N2OS. The average molecular weight is 308 g/mol. The number of hydrogen-bond acceptors (Lipinski definition) is 4. The van der Waals surface area contributed by atoms with Gasteiger partial charge in [0.1, 0.15) is 5.01 Å². The summed E-state index contributed by atoms with van der Waals surface area (Å²) in [6, 6.07) is 0.669. The maximum absolute atomic E-state index is 5.89. The Morgan fingerprint density at radius 2 is 2.05 bits per heavy atom. The van der Waals surface area contributed by atoms with Gasteiger partial charge in [0.25, 0.3) is 0 Å². The van der Waals surface area contributed by atoms with Crippen molar-refractivity contribution in [1.82, 2.24) is 10.3 Å². The molecule has 0 spiro atoms. The Bertz CT molecular complexity index is 489. The number of hydrogen-bond donors (Lipinski definition) is 1. The van der Waals surface area contributed by atoms with E-state index in [1.807, 2.05) is 18.4 Å². The molecule has 21 heavy (non-hydrogen) atoms. The minimum absolute atomic E-state index is 0.0532. The SMILES string of the molecule is COC1CCCCC1(NC1CC1)c1nc(C(C)(C)C)cs1. The summed E-state index contributed by atoms with van der Waals surface area (Å²) in [5.74, 6) is 0. The highest BCUT2D eigenvalue weighted by Gasteiger charge is 2.47. The van der Waals surface area contributed by atoms with Crippen LogP contribution in [0, 0.1) is 0 Å². The number of aromatic nitrogens is 1. The van der Waals surface area contributed by atoms with Crippen LogP contribution in [0.5, 0.6) is 0 Å². The molecule has 1 heterocycles. The molecule has 0 amide bonds. The van der Waals surface area contributed by atoms with Crippen LogP contribution >= 0.6 is 11.3 Å². The molecule has 1 N–H and O–H groups in total. The number of nitrogens with one attached hydrogen (secondary N) is 1. The van der Waals surface area contributed by atoms with Crippen molar-refractivity contribution in [3.63, 3.8) is 0 Å². The Kier molecular flexibility index (Phi) is 4.15. The quantitative estimate of drug-likeness (QED) is 0.913. The summed E-state index contributed by atoms with van der Waals surface area (Å²) in [6.45, 7) is 6.71. The molecule has 0 radical (unpaired) electrons. The lowest BCUT2D eigenvalue weighted by atomic mass is 9.79. The van der Waals surface area contributed by atoms with Gasteiger partial charge in [-0.1, -0.05) is 33.6 Å². The van der Waals surface area contributed by atoms with Crippen molar-refractivity contribution < 1.29 is 4.74 Å². The second-order valence-corrected chi connectivity index (χ2v) is 8.51. The normalized spacial score (nSPS) is 30.6. The van der Waals surface area contributed by atoms with E-state index in [1.54, 1.807) is 0 Å². The fourth-order valence-corrected chi connectivity index (χ4v) is 4.63. The molecule has 2 unspecified atom stereocenters. The smallest absolute Gasteiger partial charge is 0.116 e. The van der Waals surface area contributed by atoms with Crippen LogP contribution in [0.4, 0.5) is 0 Å². The van der Waals surface area contributed by atoms with Gasteiger partial charge in [0.2, 0.25) is 0 Å². The van der Waals surface area contributed by atoms with E-state index in [2.05, 4.69) is 31.5 Å². The molecule has 1 aromatic heterocycles. The summed E-state index contributed by atoms with van der Waals surface area (Å²) in [4.78, 5) is 5.03. The Labute approximate surface area is 132 Å². The van der Waals surface area contributed by atoms with Gasteiger partial charge < -0.3 is 10.1 Å². The maximum atomic E-state index is 5.89. The van der Waals surface area contributed by atoms with Crippen molar-refractivity contribution in [2.45, 2.75) is 82.4 Å². The third-order valence-corrected chi connectivity index (χ3v) is 5.83. The summed E-state index contributed by atoms with van der Waals surface area (Å²) >= 11 is 1.82. The minimum Gasteiger partial charge on any atom is -0.379 e. The van der Waals surface area contributed by atoms with Gasteiger partial charge in [-0.2, -0.15) is 0 Å². The maximum Gasteiger partial charge on any atom is 0.116 e. The molecule has 0 saturated heterocycles. The molecule has 118 valence electrons. The van der Waals surface area contributed by atoms with Gasteiger partial charge in [0.15, 0.2) is 0 Å². The highest BCUT2D eigenvalue weighted by Crippen LogP contribution is 2.43. The average Bonchev–Trinajstić information content (AvgIpc) is 3.08. The zero-order valence-electron chi connectivity index (χ0n) is 13.7. The molecule has 2 atom stereocenters. The number of rotatable bonds is 4. The predicted molar refractivity (Wildman–Crippen MR) is 87.9 cm³/mol. The topological polar surface area (TPSA) is 34.1 Å². The number of ether oxygens (including phenoxy) is 1. The van der Waals surface area contributed by atoms with Crippen molar-refractivity contribution in [3.8, 4) is 0 Å². The first kappa shape index (κ1) is 15.4. The second kappa shape index (κ2) is 5.64. The van der Waals surface area contributed by atoms with E-state index in [9.17, 15) is 0 Å². The van der Waals surface area contributed by atoms with Crippen LogP contribution in [0.2, 0.25) is 0 Å². The van der Waals surface area contributed by atoms with Crippen LogP contribution in [0.25, 0.3) is 0 Å². The third kappa shape index (κ3) is 3.03. The first-order chi connectivity index (χ1) is 9.95. The number of thiazole rings is 1. The van der Waals surface area contributed by atoms with E-state index in [4.69, 9.17) is 9.72 Å². The molecule has 2 aliphatic rings. The Morgan fingerprint density at radius 3 is 2.62 bits per heavy atom. The Morgan fingerprint density at radius 1 is 1.29 bits per heavy atom. The van der Waals surface area contributed by atoms with Gasteiger partial charge in [-0.25, -0.2) is 4.98 Å². The van der Waals surface area contributed by atoms with Crippen molar-refractivity contribution in [3.05, 3.63) is 16.1 Å². The van der Waals surface area contributed by atoms with Gasteiger partial charge in [-0.3, -0.25) is 0 Å². The van der Waals surface area contributed by atoms with Crippen LogP contribution in [0.1, 0.15) is 70.0 Å². The molecule has 3 rings (SSSR count). The van der Waals surface area contributed by atoms with Crippen LogP contribution in [-0.2, 0) is 15.7 Å². The van der Waals surface area contributed by atoms with Crippen molar-refractivity contribution in [2.24, 2.45) is 0 Å².